The van der Waals surface area contributed by atoms with E-state index in [4.69, 9.17) is 24.1 Å². The summed E-state index contributed by atoms with van der Waals surface area (Å²) in [5, 5.41) is 14.8. The number of carbonyl (C=O) groups is 1. The number of benzene rings is 3. The number of carbonyl (C=O) groups excluding carboxylic acids is 1. The number of amidine groups is 1. The van der Waals surface area contributed by atoms with Crippen molar-refractivity contribution < 1.29 is 27.6 Å². The number of aryl methyl sites for hydroxylation is 3. The fourth-order valence-corrected chi connectivity index (χ4v) is 10.8. The number of nitrogens with one attached hydrogen (secondary N) is 1. The molecule has 3 aromatic carbocycles. The smallest absolute Gasteiger partial charge is 0.438 e. The number of fused-ring (bicyclic) bond motifs is 3. The Hall–Kier alpha value is -6.62. The highest BCUT2D eigenvalue weighted by atomic mass is 19.1. The van der Waals surface area contributed by atoms with Gasteiger partial charge in [0.15, 0.2) is 17.5 Å². The first kappa shape index (κ1) is 41.1. The molecule has 7 heterocycles. The lowest BCUT2D eigenvalue weighted by atomic mass is 9.83. The van der Waals surface area contributed by atoms with Crippen molar-refractivity contribution in [1.82, 2.24) is 39.2 Å². The zero-order valence-electron chi connectivity index (χ0n) is 37.4. The maximum atomic E-state index is 16.2. The molecule has 0 unspecified atom stereocenters. The Morgan fingerprint density at radius 3 is 2.46 bits per heavy atom. The highest BCUT2D eigenvalue weighted by molar-refractivity contribution is 6.00. The molecule has 3 fully saturated rings. The molecular weight excluding hydrogens is 835 g/mol. The molecule has 1 aliphatic carbocycles. The van der Waals surface area contributed by atoms with E-state index in [2.05, 4.69) is 58.8 Å². The molecule has 0 bridgehead atoms. The predicted molar refractivity (Wildman–Crippen MR) is 239 cm³/mol. The molecule has 3 aliphatic heterocycles. The van der Waals surface area contributed by atoms with E-state index < -0.39 is 23.2 Å². The van der Waals surface area contributed by atoms with E-state index in [-0.39, 0.29) is 47.5 Å². The van der Waals surface area contributed by atoms with Crippen LogP contribution in [0.3, 0.4) is 0 Å². The summed E-state index contributed by atoms with van der Waals surface area (Å²) in [6.07, 6.45) is 4.29. The summed E-state index contributed by atoms with van der Waals surface area (Å²) < 4.78 is 54.0. The Balaban J connectivity index is 1.04. The maximum absolute atomic E-state index is 16.2. The SMILES string of the molecule is Cc1cc(-n2nc3c(c2/N=C2\OCCN2c2ccc4c(cnn4C)c2F)[C@H](C)N(C(=O)c2cc4cc([C@H]5CCOC(C)(C)C5)ccc4n2[C@@]2(c4noc(=O)[nH]4)C[C@@H]2C)CC3)cc(C)c1F. The summed E-state index contributed by atoms with van der Waals surface area (Å²) in [6.45, 7) is 13.3. The average Bonchev–Trinajstić information content (AvgIpc) is 3.94. The van der Waals surface area contributed by atoms with Crippen molar-refractivity contribution in [3.05, 3.63) is 116 Å². The lowest BCUT2D eigenvalue weighted by molar-refractivity contribution is -0.0592. The van der Waals surface area contributed by atoms with Crippen molar-refractivity contribution in [2.75, 3.05) is 31.2 Å². The van der Waals surface area contributed by atoms with E-state index in [1.807, 2.05) is 24.0 Å². The summed E-state index contributed by atoms with van der Waals surface area (Å²) in [5.41, 5.74) is 5.22. The summed E-state index contributed by atoms with van der Waals surface area (Å²) in [5.74, 6) is -0.579. The van der Waals surface area contributed by atoms with Gasteiger partial charge in [0.25, 0.3) is 11.9 Å². The number of ether oxygens (including phenoxy) is 2. The Morgan fingerprint density at radius 2 is 1.74 bits per heavy atom. The number of hydrogen-bond donors (Lipinski definition) is 1. The molecule has 336 valence electrons. The normalized spacial score (nSPS) is 23.5. The van der Waals surface area contributed by atoms with Gasteiger partial charge in [-0.1, -0.05) is 18.1 Å². The number of amides is 1. The third kappa shape index (κ3) is 6.43. The first-order valence-electron chi connectivity index (χ1n) is 22.3. The van der Waals surface area contributed by atoms with Crippen molar-refractivity contribution >= 4 is 45.2 Å². The van der Waals surface area contributed by atoms with Crippen molar-refractivity contribution in [3.63, 3.8) is 0 Å². The second-order valence-electron chi connectivity index (χ2n) is 18.9. The van der Waals surface area contributed by atoms with Gasteiger partial charge in [-0.05, 0) is 125 Å². The fourth-order valence-electron chi connectivity index (χ4n) is 10.8. The molecule has 4 aromatic heterocycles. The topological polar surface area (TPSA) is 154 Å². The summed E-state index contributed by atoms with van der Waals surface area (Å²) >= 11 is 0. The van der Waals surface area contributed by atoms with Crippen LogP contribution in [-0.4, -0.2) is 83.0 Å². The van der Waals surface area contributed by atoms with E-state index in [1.54, 1.807) is 53.4 Å². The average molecular weight is 885 g/mol. The van der Waals surface area contributed by atoms with Gasteiger partial charge in [-0.3, -0.25) is 23.9 Å². The molecule has 4 aliphatic rings. The van der Waals surface area contributed by atoms with Crippen LogP contribution in [-0.2, 0) is 28.5 Å². The summed E-state index contributed by atoms with van der Waals surface area (Å²) in [7, 11) is 1.76. The largest absolute Gasteiger partial charge is 0.463 e. The third-order valence-electron chi connectivity index (χ3n) is 14.2. The van der Waals surface area contributed by atoms with Gasteiger partial charge in [0, 0.05) is 43.1 Å². The summed E-state index contributed by atoms with van der Waals surface area (Å²) in [6, 6.07) is 14.9. The molecule has 7 aromatic rings. The molecular formula is C48H50F2N10O5. The Morgan fingerprint density at radius 1 is 0.969 bits per heavy atom. The molecule has 15 nitrogen and oxygen atoms in total. The van der Waals surface area contributed by atoms with Gasteiger partial charge in [0.2, 0.25) is 0 Å². The predicted octanol–water partition coefficient (Wildman–Crippen LogP) is 8.02. The number of hydrogen-bond acceptors (Lipinski definition) is 9. The van der Waals surface area contributed by atoms with Crippen molar-refractivity contribution in [2.24, 2.45) is 18.0 Å². The first-order chi connectivity index (χ1) is 31.1. The van der Waals surface area contributed by atoms with E-state index in [1.165, 1.54) is 11.8 Å². The van der Waals surface area contributed by atoms with Gasteiger partial charge in [-0.25, -0.2) is 18.3 Å². The van der Waals surface area contributed by atoms with Gasteiger partial charge in [0.05, 0.1) is 52.4 Å². The zero-order valence-corrected chi connectivity index (χ0v) is 37.4. The lowest BCUT2D eigenvalue weighted by Crippen LogP contribution is -2.40. The molecule has 0 spiro atoms. The van der Waals surface area contributed by atoms with Crippen LogP contribution >= 0.6 is 0 Å². The highest BCUT2D eigenvalue weighted by Crippen LogP contribution is 2.56. The van der Waals surface area contributed by atoms with Crippen molar-refractivity contribution in [3.8, 4) is 5.69 Å². The minimum atomic E-state index is -0.830. The lowest BCUT2D eigenvalue weighted by Gasteiger charge is -2.35. The Kier molecular flexibility index (Phi) is 9.30. The molecule has 0 radical (unpaired) electrons. The van der Waals surface area contributed by atoms with Crippen LogP contribution in [0.2, 0.25) is 0 Å². The molecule has 1 amide bonds. The van der Waals surface area contributed by atoms with Crippen LogP contribution in [0.1, 0.15) is 103 Å². The quantitative estimate of drug-likeness (QED) is 0.168. The van der Waals surface area contributed by atoms with Gasteiger partial charge in [-0.15, -0.1) is 0 Å². The van der Waals surface area contributed by atoms with Gasteiger partial charge < -0.3 is 18.9 Å². The van der Waals surface area contributed by atoms with E-state index in [9.17, 15) is 4.79 Å². The van der Waals surface area contributed by atoms with E-state index in [0.717, 1.165) is 29.4 Å². The third-order valence-corrected chi connectivity index (χ3v) is 14.2. The minimum Gasteiger partial charge on any atom is -0.463 e. The molecule has 11 rings (SSSR count). The summed E-state index contributed by atoms with van der Waals surface area (Å²) in [4.78, 5) is 39.5. The zero-order chi connectivity index (χ0) is 45.3. The number of halogens is 2. The molecule has 4 atom stereocenters. The molecule has 1 N–H and O–H groups in total. The molecule has 65 heavy (non-hydrogen) atoms. The first-order valence-corrected chi connectivity index (χ1v) is 22.3. The van der Waals surface area contributed by atoms with Crippen LogP contribution in [0.25, 0.3) is 27.5 Å². The maximum Gasteiger partial charge on any atom is 0.438 e. The second kappa shape index (κ2) is 14.7. The molecule has 1 saturated carbocycles. The Labute approximate surface area is 372 Å². The van der Waals surface area contributed by atoms with Crippen LogP contribution in [0.5, 0.6) is 0 Å². The standard InChI is InChI=1S/C48H50F2N10O5/c1-25-18-32(19-26(2)40(25)49)60-42(52-45-58(15-17-63-45)37-11-10-36-33(41(37)50)24-51-56(36)7)39-28(4)57(14-12-34(39)54-60)43(61)38-21-31-20-29(30-13-16-64-47(5,6)23-30)8-9-35(31)59(38)48(22-27(48)3)44-53-46(62)65-55-44/h8-11,18-21,24,27-28,30H,12-17,22-23H2,1-7H3,(H,53,55,62)/b52-45-/t27-,28-,30-,48-/m0/s1. The number of aromatic nitrogens is 7. The number of anilines is 1. The second-order valence-corrected chi connectivity index (χ2v) is 18.9. The fraction of sp³-hybridized carbons (Fsp3) is 0.417. The minimum absolute atomic E-state index is 0.0214. The van der Waals surface area contributed by atoms with E-state index in [0.29, 0.717) is 83.2 Å². The van der Waals surface area contributed by atoms with Crippen molar-refractivity contribution in [2.45, 2.75) is 90.3 Å². The molecule has 17 heteroatoms. The number of H-pyrrole nitrogens is 1. The molecule has 2 saturated heterocycles. The van der Waals surface area contributed by atoms with Crippen LogP contribution in [0.4, 0.5) is 20.3 Å². The van der Waals surface area contributed by atoms with E-state index >= 15 is 13.6 Å². The Bertz CT molecular complexity index is 3170. The highest BCUT2D eigenvalue weighted by Gasteiger charge is 2.59. The van der Waals surface area contributed by atoms with Gasteiger partial charge in [-0.2, -0.15) is 15.2 Å². The van der Waals surface area contributed by atoms with Crippen LogP contribution < -0.4 is 10.7 Å². The monoisotopic (exact) mass is 884 g/mol. The number of aliphatic imine (C=N–C) groups is 1. The van der Waals surface area contributed by atoms with Crippen molar-refractivity contribution in [1.29, 1.82) is 0 Å². The van der Waals surface area contributed by atoms with Crippen LogP contribution in [0.15, 0.2) is 69.0 Å². The van der Waals surface area contributed by atoms with Crippen LogP contribution in [0, 0.1) is 31.4 Å². The number of nitrogens with zero attached hydrogens (tertiary/aromatic N) is 9. The number of rotatable bonds is 7. The van der Waals surface area contributed by atoms with Gasteiger partial charge >= 0.3 is 5.76 Å². The number of aromatic amines is 1. The van der Waals surface area contributed by atoms with Gasteiger partial charge in [0.1, 0.15) is 23.7 Å².